The molecule has 1 aliphatic rings. The van der Waals surface area contributed by atoms with Crippen molar-refractivity contribution >= 4 is 70.5 Å². The van der Waals surface area contributed by atoms with Crippen LogP contribution in [0.3, 0.4) is 0 Å². The summed E-state index contributed by atoms with van der Waals surface area (Å²) in [6.07, 6.45) is 0. The van der Waals surface area contributed by atoms with E-state index in [9.17, 15) is 0 Å². The molecule has 54 heavy (non-hydrogen) atoms. The minimum atomic E-state index is -0.136. The van der Waals surface area contributed by atoms with Crippen LogP contribution in [0.2, 0.25) is 0 Å². The van der Waals surface area contributed by atoms with E-state index < -0.39 is 0 Å². The summed E-state index contributed by atoms with van der Waals surface area (Å²) in [6, 6.07) is 64.2. The Balaban J connectivity index is 1.18. The quantitative estimate of drug-likeness (QED) is 0.177. The Morgan fingerprint density at radius 3 is 1.96 bits per heavy atom. The minimum Gasteiger partial charge on any atom is -0.456 e. The molecule has 256 valence electrons. The maximum atomic E-state index is 6.62. The number of hydrogen-bond donors (Lipinski definition) is 0. The van der Waals surface area contributed by atoms with Gasteiger partial charge in [-0.3, -0.25) is 0 Å². The molecular weight excluding hydrogens is 675 g/mol. The summed E-state index contributed by atoms with van der Waals surface area (Å²) in [4.78, 5) is 2.44. The van der Waals surface area contributed by atoms with Crippen LogP contribution in [0.4, 0.5) is 17.1 Å². The molecule has 3 heteroatoms. The minimum absolute atomic E-state index is 0.136. The molecule has 0 aliphatic heterocycles. The molecule has 0 radical (unpaired) electrons. The zero-order valence-corrected chi connectivity index (χ0v) is 30.8. The molecule has 0 N–H and O–H groups in total. The van der Waals surface area contributed by atoms with Gasteiger partial charge in [0.25, 0.3) is 0 Å². The molecule has 2 nitrogen and oxygen atoms in total. The van der Waals surface area contributed by atoms with Gasteiger partial charge >= 0.3 is 0 Å². The SMILES string of the molecule is CC1(C)c2ccccc2-c2ccc(N(c3ccc(-c4ccccc4)cc3)c3cc4oc5ccccc5c4cc3-c3ccc4c(c3)sc3ccccc34)cc21. The van der Waals surface area contributed by atoms with Gasteiger partial charge in [0.05, 0.1) is 5.69 Å². The summed E-state index contributed by atoms with van der Waals surface area (Å²) in [5, 5.41) is 4.84. The molecule has 11 rings (SSSR count). The fourth-order valence-corrected chi connectivity index (χ4v) is 9.91. The lowest BCUT2D eigenvalue weighted by Gasteiger charge is -2.30. The first kappa shape index (κ1) is 31.1. The zero-order chi connectivity index (χ0) is 36.0. The van der Waals surface area contributed by atoms with Crippen molar-refractivity contribution in [1.29, 1.82) is 0 Å². The Kier molecular flexibility index (Phi) is 6.80. The third-order valence-corrected chi connectivity index (χ3v) is 12.6. The Hall–Kier alpha value is -6.42. The number of para-hydroxylation sites is 1. The number of furan rings is 1. The van der Waals surface area contributed by atoms with E-state index in [-0.39, 0.29) is 5.41 Å². The van der Waals surface area contributed by atoms with Crippen LogP contribution in [-0.4, -0.2) is 0 Å². The standard InChI is InChI=1S/C51H35NOS/c1-51(2)44-17-9-6-14-37(44)38-27-25-36(29-45(38)51)52(35-23-20-33(21-24-35)32-12-4-3-5-13-32)46-31-48-43(39-15-7-10-18-47(39)53-48)30-42(46)34-22-26-41-40-16-8-11-19-49(40)54-50(41)28-34/h3-31H,1-2H3. The van der Waals surface area contributed by atoms with Crippen molar-refractivity contribution in [3.8, 4) is 33.4 Å². The molecule has 2 heterocycles. The van der Waals surface area contributed by atoms with Crippen LogP contribution in [0.15, 0.2) is 180 Å². The molecule has 0 unspecified atom stereocenters. The summed E-state index contributed by atoms with van der Waals surface area (Å²) < 4.78 is 9.21. The number of benzene rings is 8. The first-order valence-corrected chi connectivity index (χ1v) is 19.4. The lowest BCUT2D eigenvalue weighted by molar-refractivity contribution is 0.660. The topological polar surface area (TPSA) is 16.4 Å². The highest BCUT2D eigenvalue weighted by atomic mass is 32.1. The van der Waals surface area contributed by atoms with Gasteiger partial charge in [0.2, 0.25) is 0 Å². The molecule has 0 bridgehead atoms. The number of hydrogen-bond acceptors (Lipinski definition) is 3. The highest BCUT2D eigenvalue weighted by Crippen LogP contribution is 2.52. The van der Waals surface area contributed by atoms with E-state index in [4.69, 9.17) is 4.42 Å². The zero-order valence-electron chi connectivity index (χ0n) is 30.0. The van der Waals surface area contributed by atoms with Crippen LogP contribution in [0.25, 0.3) is 75.5 Å². The fourth-order valence-electron chi connectivity index (χ4n) is 8.76. The Labute approximate surface area is 318 Å². The van der Waals surface area contributed by atoms with Crippen molar-refractivity contribution in [1.82, 2.24) is 0 Å². The Morgan fingerprint density at radius 2 is 1.09 bits per heavy atom. The lowest BCUT2D eigenvalue weighted by Crippen LogP contribution is -2.17. The van der Waals surface area contributed by atoms with Crippen LogP contribution in [0.5, 0.6) is 0 Å². The first-order valence-electron chi connectivity index (χ1n) is 18.6. The lowest BCUT2D eigenvalue weighted by atomic mass is 9.82. The van der Waals surface area contributed by atoms with Gasteiger partial charge in [0.15, 0.2) is 0 Å². The molecule has 0 saturated carbocycles. The molecule has 1 aliphatic carbocycles. The largest absolute Gasteiger partial charge is 0.456 e. The molecule has 2 aromatic heterocycles. The van der Waals surface area contributed by atoms with Crippen LogP contribution < -0.4 is 4.90 Å². The van der Waals surface area contributed by atoms with Gasteiger partial charge in [-0.2, -0.15) is 0 Å². The van der Waals surface area contributed by atoms with E-state index >= 15 is 0 Å². The number of rotatable bonds is 5. The van der Waals surface area contributed by atoms with Gasteiger partial charge in [-0.25, -0.2) is 0 Å². The summed E-state index contributed by atoms with van der Waals surface area (Å²) >= 11 is 1.86. The third kappa shape index (κ3) is 4.72. The van der Waals surface area contributed by atoms with E-state index in [1.54, 1.807) is 0 Å². The molecular formula is C51H35NOS. The second-order valence-electron chi connectivity index (χ2n) is 14.9. The number of nitrogens with zero attached hydrogens (tertiary/aromatic N) is 1. The molecule has 0 atom stereocenters. The van der Waals surface area contributed by atoms with E-state index in [0.29, 0.717) is 0 Å². The number of anilines is 3. The smallest absolute Gasteiger partial charge is 0.137 e. The van der Waals surface area contributed by atoms with Crippen LogP contribution >= 0.6 is 11.3 Å². The molecule has 0 amide bonds. The van der Waals surface area contributed by atoms with Gasteiger partial charge in [-0.1, -0.05) is 135 Å². The maximum Gasteiger partial charge on any atom is 0.137 e. The molecule has 0 spiro atoms. The van der Waals surface area contributed by atoms with Crippen LogP contribution in [-0.2, 0) is 5.41 Å². The number of fused-ring (bicyclic) bond motifs is 9. The Morgan fingerprint density at radius 1 is 0.426 bits per heavy atom. The highest BCUT2D eigenvalue weighted by molar-refractivity contribution is 7.25. The second-order valence-corrected chi connectivity index (χ2v) is 16.0. The van der Waals surface area contributed by atoms with Crippen molar-refractivity contribution in [2.75, 3.05) is 4.90 Å². The average Bonchev–Trinajstić information content (AvgIpc) is 3.85. The van der Waals surface area contributed by atoms with Gasteiger partial charge in [-0.05, 0) is 87.5 Å². The maximum absolute atomic E-state index is 6.62. The number of thiophene rings is 1. The average molecular weight is 710 g/mol. The van der Waals surface area contributed by atoms with E-state index in [1.807, 2.05) is 17.4 Å². The monoisotopic (exact) mass is 709 g/mol. The van der Waals surface area contributed by atoms with Crippen LogP contribution in [0, 0.1) is 0 Å². The molecule has 8 aromatic carbocycles. The van der Waals surface area contributed by atoms with Crippen molar-refractivity contribution < 1.29 is 4.42 Å². The predicted octanol–water partition coefficient (Wildman–Crippen LogP) is 15.1. The first-order chi connectivity index (χ1) is 26.5. The van der Waals surface area contributed by atoms with Crippen LogP contribution in [0.1, 0.15) is 25.0 Å². The normalized spacial score (nSPS) is 13.1. The summed E-state index contributed by atoms with van der Waals surface area (Å²) in [5.74, 6) is 0. The molecule has 10 aromatic rings. The Bertz CT molecular complexity index is 3080. The van der Waals surface area contributed by atoms with Crippen molar-refractivity contribution in [3.63, 3.8) is 0 Å². The third-order valence-electron chi connectivity index (χ3n) is 11.5. The van der Waals surface area contributed by atoms with E-state index in [2.05, 4.69) is 189 Å². The molecule has 0 saturated heterocycles. The predicted molar refractivity (Wildman–Crippen MR) is 230 cm³/mol. The van der Waals surface area contributed by atoms with Gasteiger partial charge < -0.3 is 9.32 Å². The summed E-state index contributed by atoms with van der Waals surface area (Å²) in [7, 11) is 0. The van der Waals surface area contributed by atoms with E-state index in [0.717, 1.165) is 44.6 Å². The van der Waals surface area contributed by atoms with E-state index in [1.165, 1.54) is 59.1 Å². The fraction of sp³-hybridized carbons (Fsp3) is 0.0588. The highest BCUT2D eigenvalue weighted by Gasteiger charge is 2.36. The summed E-state index contributed by atoms with van der Waals surface area (Å²) in [5.41, 5.74) is 15.0. The van der Waals surface area contributed by atoms with Crippen molar-refractivity contribution in [3.05, 3.63) is 187 Å². The van der Waals surface area contributed by atoms with Gasteiger partial charge in [0.1, 0.15) is 11.2 Å². The second kappa shape index (κ2) is 11.8. The van der Waals surface area contributed by atoms with Gasteiger partial charge in [-0.15, -0.1) is 11.3 Å². The van der Waals surface area contributed by atoms with Gasteiger partial charge in [0, 0.05) is 59.4 Å². The van der Waals surface area contributed by atoms with Crippen molar-refractivity contribution in [2.45, 2.75) is 19.3 Å². The molecule has 0 fully saturated rings. The summed E-state index contributed by atoms with van der Waals surface area (Å²) in [6.45, 7) is 4.71. The van der Waals surface area contributed by atoms with Crippen molar-refractivity contribution in [2.24, 2.45) is 0 Å².